The predicted molar refractivity (Wildman–Crippen MR) is 124 cm³/mol. The molecule has 0 saturated carbocycles. The molecule has 0 aliphatic heterocycles. The summed E-state index contributed by atoms with van der Waals surface area (Å²) in [4.78, 5) is 27.4. The molecule has 164 valence electrons. The van der Waals surface area contributed by atoms with Crippen molar-refractivity contribution in [2.24, 2.45) is 5.73 Å². The number of hydrogen-bond donors (Lipinski definition) is 4. The molecule has 2 amide bonds. The molecule has 3 rings (SSSR count). The van der Waals surface area contributed by atoms with Crippen LogP contribution in [0.25, 0.3) is 22.0 Å². The summed E-state index contributed by atoms with van der Waals surface area (Å²) in [5.74, 6) is 0.108. The summed E-state index contributed by atoms with van der Waals surface area (Å²) in [6, 6.07) is 13.8. The maximum atomic E-state index is 12.3. The summed E-state index contributed by atoms with van der Waals surface area (Å²) < 4.78 is 5.40. The SMILES string of the molecule is CNc1[nH]c2cc(-c3cccc(C(C)(C)NC(=O)OC(C)(C)C)c3)ccc2c1C(N)=O. The number of fused-ring (bicyclic) bond motifs is 1. The number of carbonyl (C=O) groups excluding carboxylic acids is 2. The van der Waals surface area contributed by atoms with E-state index < -0.39 is 23.1 Å². The summed E-state index contributed by atoms with van der Waals surface area (Å²) in [5.41, 5.74) is 8.51. The molecular formula is C24H30N4O3. The number of nitrogens with one attached hydrogen (secondary N) is 3. The van der Waals surface area contributed by atoms with Crippen molar-refractivity contribution >= 4 is 28.7 Å². The number of hydrogen-bond acceptors (Lipinski definition) is 4. The second kappa shape index (κ2) is 7.98. The Morgan fingerprint density at radius 3 is 2.29 bits per heavy atom. The van der Waals surface area contributed by atoms with E-state index in [9.17, 15) is 9.59 Å². The van der Waals surface area contributed by atoms with Gasteiger partial charge in [0.15, 0.2) is 0 Å². The van der Waals surface area contributed by atoms with Crippen molar-refractivity contribution in [3.8, 4) is 11.1 Å². The fraction of sp³-hybridized carbons (Fsp3) is 0.333. The summed E-state index contributed by atoms with van der Waals surface area (Å²) in [5, 5.41) is 6.69. The molecule has 3 aromatic rings. The highest BCUT2D eigenvalue weighted by Gasteiger charge is 2.26. The third-order valence-corrected chi connectivity index (χ3v) is 5.03. The van der Waals surface area contributed by atoms with Gasteiger partial charge in [0, 0.05) is 18.0 Å². The van der Waals surface area contributed by atoms with Gasteiger partial charge >= 0.3 is 6.09 Å². The van der Waals surface area contributed by atoms with E-state index in [2.05, 4.69) is 15.6 Å². The van der Waals surface area contributed by atoms with Gasteiger partial charge in [0.05, 0.1) is 11.1 Å². The Kier molecular flexibility index (Phi) is 5.72. The van der Waals surface area contributed by atoms with E-state index >= 15 is 0 Å². The largest absolute Gasteiger partial charge is 0.444 e. The van der Waals surface area contributed by atoms with Crippen molar-refractivity contribution in [3.63, 3.8) is 0 Å². The van der Waals surface area contributed by atoms with Crippen molar-refractivity contribution in [2.45, 2.75) is 45.8 Å². The summed E-state index contributed by atoms with van der Waals surface area (Å²) in [7, 11) is 1.74. The van der Waals surface area contributed by atoms with Gasteiger partial charge in [-0.2, -0.15) is 0 Å². The number of aromatic amines is 1. The normalized spacial score (nSPS) is 11.9. The molecule has 7 heteroatoms. The minimum absolute atomic E-state index is 0.445. The lowest BCUT2D eigenvalue weighted by atomic mass is 9.91. The Morgan fingerprint density at radius 1 is 1.00 bits per heavy atom. The number of amides is 2. The minimum Gasteiger partial charge on any atom is -0.444 e. The standard InChI is InChI=1S/C24H30N4O3/c1-23(2,3)31-22(30)28-24(4,5)16-9-7-8-14(12-16)15-10-11-17-18(13-15)27-21(26-6)19(17)20(25)29/h7-13,26-27H,1-6H3,(H2,25,29)(H,28,30). The summed E-state index contributed by atoms with van der Waals surface area (Å²) in [6.07, 6.45) is -0.464. The number of carbonyl (C=O) groups is 2. The highest BCUT2D eigenvalue weighted by Crippen LogP contribution is 2.32. The van der Waals surface area contributed by atoms with Gasteiger partial charge in [-0.05, 0) is 63.4 Å². The minimum atomic E-state index is -0.632. The number of H-pyrrole nitrogens is 1. The first-order valence-electron chi connectivity index (χ1n) is 10.2. The Bertz CT molecular complexity index is 1140. The van der Waals surface area contributed by atoms with Crippen molar-refractivity contribution in [2.75, 3.05) is 12.4 Å². The smallest absolute Gasteiger partial charge is 0.408 e. The van der Waals surface area contributed by atoms with Crippen LogP contribution < -0.4 is 16.4 Å². The fourth-order valence-corrected chi connectivity index (χ4v) is 3.54. The van der Waals surface area contributed by atoms with E-state index in [1.807, 2.05) is 77.1 Å². The molecule has 1 heterocycles. The van der Waals surface area contributed by atoms with Gasteiger partial charge in [-0.15, -0.1) is 0 Å². The molecule has 0 atom stereocenters. The molecule has 0 fully saturated rings. The Hall–Kier alpha value is -3.48. The fourth-order valence-electron chi connectivity index (χ4n) is 3.54. The number of aromatic nitrogens is 1. The average molecular weight is 423 g/mol. The van der Waals surface area contributed by atoms with Crippen molar-refractivity contribution in [1.82, 2.24) is 10.3 Å². The number of rotatable bonds is 5. The molecule has 31 heavy (non-hydrogen) atoms. The van der Waals surface area contributed by atoms with Crippen molar-refractivity contribution in [3.05, 3.63) is 53.6 Å². The first kappa shape index (κ1) is 22.2. The third kappa shape index (κ3) is 4.82. The van der Waals surface area contributed by atoms with Gasteiger partial charge in [0.25, 0.3) is 5.91 Å². The third-order valence-electron chi connectivity index (χ3n) is 5.03. The molecule has 0 aliphatic rings. The van der Waals surface area contributed by atoms with Crippen LogP contribution in [0.5, 0.6) is 0 Å². The second-order valence-electron chi connectivity index (χ2n) is 9.08. The Morgan fingerprint density at radius 2 is 1.68 bits per heavy atom. The van der Waals surface area contributed by atoms with E-state index in [0.29, 0.717) is 11.4 Å². The molecule has 5 N–H and O–H groups in total. The molecule has 0 bridgehead atoms. The molecular weight excluding hydrogens is 392 g/mol. The number of alkyl carbamates (subject to hydrolysis) is 1. The zero-order chi connectivity index (χ0) is 23.0. The molecule has 7 nitrogen and oxygen atoms in total. The van der Waals surface area contributed by atoms with Crippen LogP contribution in [0.15, 0.2) is 42.5 Å². The maximum Gasteiger partial charge on any atom is 0.408 e. The van der Waals surface area contributed by atoms with E-state index in [4.69, 9.17) is 10.5 Å². The van der Waals surface area contributed by atoms with Crippen LogP contribution in [0.1, 0.15) is 50.5 Å². The van der Waals surface area contributed by atoms with Gasteiger partial charge in [-0.1, -0.05) is 30.3 Å². The Balaban J connectivity index is 1.95. The van der Waals surface area contributed by atoms with Crippen LogP contribution >= 0.6 is 0 Å². The second-order valence-corrected chi connectivity index (χ2v) is 9.08. The van der Waals surface area contributed by atoms with Gasteiger partial charge in [-0.25, -0.2) is 4.79 Å². The topological polar surface area (TPSA) is 109 Å². The molecule has 0 saturated heterocycles. The van der Waals surface area contributed by atoms with Crippen LogP contribution in [0.3, 0.4) is 0 Å². The van der Waals surface area contributed by atoms with E-state index in [0.717, 1.165) is 27.6 Å². The molecule has 0 spiro atoms. The molecule has 1 aromatic heterocycles. The number of benzene rings is 2. The van der Waals surface area contributed by atoms with E-state index in [-0.39, 0.29) is 0 Å². The van der Waals surface area contributed by atoms with Crippen molar-refractivity contribution < 1.29 is 14.3 Å². The van der Waals surface area contributed by atoms with E-state index in [1.54, 1.807) is 7.05 Å². The number of anilines is 1. The lowest BCUT2D eigenvalue weighted by molar-refractivity contribution is 0.0470. The van der Waals surface area contributed by atoms with Gasteiger partial charge in [-0.3, -0.25) is 4.79 Å². The first-order valence-corrected chi connectivity index (χ1v) is 10.2. The van der Waals surface area contributed by atoms with E-state index in [1.165, 1.54) is 0 Å². The lowest BCUT2D eigenvalue weighted by Gasteiger charge is -2.29. The average Bonchev–Trinajstić information content (AvgIpc) is 3.04. The quantitative estimate of drug-likeness (QED) is 0.476. The lowest BCUT2D eigenvalue weighted by Crippen LogP contribution is -2.43. The molecule has 0 unspecified atom stereocenters. The molecule has 2 aromatic carbocycles. The van der Waals surface area contributed by atoms with Crippen LogP contribution in [0.2, 0.25) is 0 Å². The van der Waals surface area contributed by atoms with Crippen LogP contribution in [0, 0.1) is 0 Å². The zero-order valence-corrected chi connectivity index (χ0v) is 18.8. The Labute approximate surface area is 182 Å². The van der Waals surface area contributed by atoms with Gasteiger partial charge in [0.2, 0.25) is 0 Å². The van der Waals surface area contributed by atoms with Crippen molar-refractivity contribution in [1.29, 1.82) is 0 Å². The van der Waals surface area contributed by atoms with Crippen LogP contribution in [0.4, 0.5) is 10.6 Å². The van der Waals surface area contributed by atoms with Crippen LogP contribution in [-0.4, -0.2) is 29.6 Å². The zero-order valence-electron chi connectivity index (χ0n) is 18.8. The highest BCUT2D eigenvalue weighted by atomic mass is 16.6. The first-order chi connectivity index (χ1) is 14.4. The maximum absolute atomic E-state index is 12.3. The monoisotopic (exact) mass is 422 g/mol. The molecule has 0 aliphatic carbocycles. The predicted octanol–water partition coefficient (Wildman–Crippen LogP) is 4.74. The highest BCUT2D eigenvalue weighted by molar-refractivity contribution is 6.11. The van der Waals surface area contributed by atoms with Crippen LogP contribution in [-0.2, 0) is 10.3 Å². The number of ether oxygens (including phenoxy) is 1. The number of primary amides is 1. The number of nitrogens with two attached hydrogens (primary N) is 1. The van der Waals surface area contributed by atoms with Gasteiger partial charge in [0.1, 0.15) is 11.4 Å². The summed E-state index contributed by atoms with van der Waals surface area (Å²) in [6.45, 7) is 9.37. The summed E-state index contributed by atoms with van der Waals surface area (Å²) >= 11 is 0. The molecule has 0 radical (unpaired) electrons. The van der Waals surface area contributed by atoms with Gasteiger partial charge < -0.3 is 26.1 Å².